The van der Waals surface area contributed by atoms with Gasteiger partial charge < -0.3 is 0 Å². The smallest absolute Gasteiger partial charge is 0.160 e. The third-order valence-electron chi connectivity index (χ3n) is 11.2. The van der Waals surface area contributed by atoms with Crippen molar-refractivity contribution in [1.29, 1.82) is 0 Å². The Labute approximate surface area is 358 Å². The monoisotopic (exact) mass is 796 g/mol. The van der Waals surface area contributed by atoms with E-state index in [0.717, 1.165) is 67.3 Å². The van der Waals surface area contributed by atoms with Crippen molar-refractivity contribution in [3.63, 3.8) is 0 Å². The predicted octanol–water partition coefficient (Wildman–Crippen LogP) is 15.0. The molecule has 0 fully saturated rings. The van der Waals surface area contributed by atoms with Crippen LogP contribution in [0.1, 0.15) is 0 Å². The van der Waals surface area contributed by atoms with Crippen LogP contribution in [0, 0.1) is 0 Å². The van der Waals surface area contributed by atoms with Crippen molar-refractivity contribution in [2.45, 2.75) is 0 Å². The molecule has 61 heavy (non-hydrogen) atoms. The van der Waals surface area contributed by atoms with Crippen molar-refractivity contribution in [3.8, 4) is 90.1 Å². The highest BCUT2D eigenvalue weighted by molar-refractivity contribution is 7.26. The second kappa shape index (κ2) is 15.7. The Balaban J connectivity index is 1.02. The maximum absolute atomic E-state index is 5.11. The first kappa shape index (κ1) is 36.2. The second-order valence-corrected chi connectivity index (χ2v) is 16.1. The largest absolute Gasteiger partial charge is 0.228 e. The van der Waals surface area contributed by atoms with E-state index in [4.69, 9.17) is 19.9 Å². The Bertz CT molecular complexity index is 3200. The lowest BCUT2D eigenvalue weighted by Crippen LogP contribution is -1.96. The first-order chi connectivity index (χ1) is 30.2. The summed E-state index contributed by atoms with van der Waals surface area (Å²) in [6, 6.07) is 76.2. The maximum Gasteiger partial charge on any atom is 0.160 e. The summed E-state index contributed by atoms with van der Waals surface area (Å²) < 4.78 is 2.53. The molecule has 0 aliphatic rings. The molecule has 3 heterocycles. The van der Waals surface area contributed by atoms with Gasteiger partial charge in [-0.25, -0.2) is 19.9 Å². The first-order valence-electron chi connectivity index (χ1n) is 20.4. The Hall–Kier alpha value is -7.86. The van der Waals surface area contributed by atoms with E-state index in [2.05, 4.69) is 146 Å². The summed E-state index contributed by atoms with van der Waals surface area (Å²) in [4.78, 5) is 20.3. The van der Waals surface area contributed by atoms with E-state index in [1.54, 1.807) is 0 Å². The SMILES string of the molecule is c1ccc(-c2cc(-c3ccc(-c4c(-c5ccc(-c6nc(-c7ccccc7)cc(-c7ccccc7)n6)cc5)ccc5sc6ccccc6c45)cc3)nc(-c3ccccc3)n2)cc1. The van der Waals surface area contributed by atoms with Crippen LogP contribution >= 0.6 is 11.3 Å². The average Bonchev–Trinajstić information content (AvgIpc) is 3.73. The summed E-state index contributed by atoms with van der Waals surface area (Å²) in [6.07, 6.45) is 0. The Morgan fingerprint density at radius 2 is 0.656 bits per heavy atom. The van der Waals surface area contributed by atoms with Gasteiger partial charge >= 0.3 is 0 Å². The molecule has 286 valence electrons. The van der Waals surface area contributed by atoms with E-state index in [0.29, 0.717) is 11.6 Å². The van der Waals surface area contributed by atoms with Crippen LogP contribution in [0.4, 0.5) is 0 Å². The van der Waals surface area contributed by atoms with Gasteiger partial charge in [-0.2, -0.15) is 0 Å². The zero-order valence-electron chi connectivity index (χ0n) is 33.0. The Kier molecular flexibility index (Phi) is 9.34. The molecular weight excluding hydrogens is 761 g/mol. The van der Waals surface area contributed by atoms with E-state index in [9.17, 15) is 0 Å². The summed E-state index contributed by atoms with van der Waals surface area (Å²) in [5, 5.41) is 2.52. The Morgan fingerprint density at radius 1 is 0.279 bits per heavy atom. The molecule has 0 aliphatic heterocycles. The fraction of sp³-hybridized carbons (Fsp3) is 0. The third kappa shape index (κ3) is 7.07. The van der Waals surface area contributed by atoms with Gasteiger partial charge in [0.15, 0.2) is 11.6 Å². The lowest BCUT2D eigenvalue weighted by Gasteiger charge is -2.15. The standard InChI is InChI=1S/C56H36N4S/c1-5-15-38(16-6-1)47-35-48(39-17-7-2-8-18-39)59-56(58-47)44-31-25-37(26-32-44)45-33-34-52-54(46-23-13-14-24-51(46)61-52)53(45)42-29-27-41(28-30-42)50-36-49(40-19-9-3-10-20-40)57-55(60-50)43-21-11-4-12-22-43/h1-36H. The molecule has 5 heteroatoms. The zero-order valence-corrected chi connectivity index (χ0v) is 33.8. The van der Waals surface area contributed by atoms with E-state index in [-0.39, 0.29) is 0 Å². The minimum absolute atomic E-state index is 0.692. The van der Waals surface area contributed by atoms with Gasteiger partial charge in [0.05, 0.1) is 22.8 Å². The van der Waals surface area contributed by atoms with Gasteiger partial charge in [-0.05, 0) is 46.5 Å². The molecule has 0 radical (unpaired) electrons. The van der Waals surface area contributed by atoms with Crippen LogP contribution in [-0.4, -0.2) is 19.9 Å². The van der Waals surface area contributed by atoms with Crippen molar-refractivity contribution in [2.24, 2.45) is 0 Å². The molecule has 0 spiro atoms. The Morgan fingerprint density at radius 3 is 1.16 bits per heavy atom. The summed E-state index contributed by atoms with van der Waals surface area (Å²) in [5.74, 6) is 1.40. The van der Waals surface area contributed by atoms with Gasteiger partial charge in [0, 0.05) is 53.6 Å². The normalized spacial score (nSPS) is 11.3. The molecule has 11 rings (SSSR count). The molecule has 0 unspecified atom stereocenters. The van der Waals surface area contributed by atoms with Crippen molar-refractivity contribution >= 4 is 31.5 Å². The van der Waals surface area contributed by atoms with Gasteiger partial charge in [0.2, 0.25) is 0 Å². The summed E-state index contributed by atoms with van der Waals surface area (Å²) in [7, 11) is 0. The van der Waals surface area contributed by atoms with Crippen LogP contribution in [0.15, 0.2) is 218 Å². The van der Waals surface area contributed by atoms with Crippen LogP contribution in [-0.2, 0) is 0 Å². The first-order valence-corrected chi connectivity index (χ1v) is 21.2. The number of thiophene rings is 1. The summed E-state index contributed by atoms with van der Waals surface area (Å²) in [5.41, 5.74) is 14.3. The lowest BCUT2D eigenvalue weighted by molar-refractivity contribution is 1.18. The van der Waals surface area contributed by atoms with Crippen LogP contribution < -0.4 is 0 Å². The molecule has 8 aromatic carbocycles. The minimum atomic E-state index is 0.692. The van der Waals surface area contributed by atoms with Crippen LogP contribution in [0.5, 0.6) is 0 Å². The third-order valence-corrected chi connectivity index (χ3v) is 12.3. The van der Waals surface area contributed by atoms with Crippen LogP contribution in [0.25, 0.3) is 110 Å². The van der Waals surface area contributed by atoms with Crippen LogP contribution in [0.2, 0.25) is 0 Å². The van der Waals surface area contributed by atoms with Crippen molar-refractivity contribution in [2.75, 3.05) is 0 Å². The molecule has 0 N–H and O–H groups in total. The van der Waals surface area contributed by atoms with Crippen molar-refractivity contribution < 1.29 is 0 Å². The highest BCUT2D eigenvalue weighted by Gasteiger charge is 2.18. The lowest BCUT2D eigenvalue weighted by atomic mass is 9.90. The molecular formula is C56H36N4S. The summed E-state index contributed by atoms with van der Waals surface area (Å²) >= 11 is 1.84. The van der Waals surface area contributed by atoms with Crippen molar-refractivity contribution in [1.82, 2.24) is 19.9 Å². The van der Waals surface area contributed by atoms with Gasteiger partial charge in [0.1, 0.15) is 0 Å². The molecule has 0 saturated carbocycles. The minimum Gasteiger partial charge on any atom is -0.228 e. The fourth-order valence-corrected chi connectivity index (χ4v) is 9.24. The molecule has 0 bridgehead atoms. The average molecular weight is 797 g/mol. The molecule has 0 atom stereocenters. The summed E-state index contributed by atoms with van der Waals surface area (Å²) in [6.45, 7) is 0. The predicted molar refractivity (Wildman–Crippen MR) is 254 cm³/mol. The molecule has 3 aromatic heterocycles. The second-order valence-electron chi connectivity index (χ2n) is 15.0. The number of fused-ring (bicyclic) bond motifs is 3. The number of hydrogen-bond donors (Lipinski definition) is 0. The topological polar surface area (TPSA) is 51.6 Å². The van der Waals surface area contributed by atoms with Gasteiger partial charge in [-0.3, -0.25) is 0 Å². The van der Waals surface area contributed by atoms with E-state index < -0.39 is 0 Å². The number of aromatic nitrogens is 4. The van der Waals surface area contributed by atoms with Gasteiger partial charge in [0.25, 0.3) is 0 Å². The fourth-order valence-electron chi connectivity index (χ4n) is 8.12. The van der Waals surface area contributed by atoms with E-state index >= 15 is 0 Å². The van der Waals surface area contributed by atoms with E-state index in [1.165, 1.54) is 31.3 Å². The van der Waals surface area contributed by atoms with E-state index in [1.807, 2.05) is 84.1 Å². The molecule has 4 nitrogen and oxygen atoms in total. The highest BCUT2D eigenvalue weighted by Crippen LogP contribution is 2.45. The quantitative estimate of drug-likeness (QED) is 0.154. The number of hydrogen-bond acceptors (Lipinski definition) is 5. The molecule has 0 saturated heterocycles. The zero-order chi connectivity index (χ0) is 40.5. The van der Waals surface area contributed by atoms with Gasteiger partial charge in [-0.15, -0.1) is 11.3 Å². The maximum atomic E-state index is 5.11. The molecule has 11 aromatic rings. The number of rotatable bonds is 8. The highest BCUT2D eigenvalue weighted by atomic mass is 32.1. The van der Waals surface area contributed by atoms with Crippen molar-refractivity contribution in [3.05, 3.63) is 218 Å². The van der Waals surface area contributed by atoms with Crippen LogP contribution in [0.3, 0.4) is 0 Å². The van der Waals surface area contributed by atoms with Gasteiger partial charge in [-0.1, -0.05) is 194 Å². The number of benzene rings is 8. The number of nitrogens with zero attached hydrogens (tertiary/aromatic N) is 4. The molecule has 0 aliphatic carbocycles. The molecule has 0 amide bonds.